The second-order valence-corrected chi connectivity index (χ2v) is 13.3. The minimum Gasteiger partial charge on any atom is -0.336 e. The van der Waals surface area contributed by atoms with Crippen LogP contribution in [0.3, 0.4) is 0 Å². The molecule has 35 heavy (non-hydrogen) atoms. The SMILES string of the molecule is Cc1c(C)c(C)c(S(=O)(=O)N2CCN(C(=O)c3ccc(N4CCCS4(=O)=O)cc3)CC2)c(C)c1C. The van der Waals surface area contributed by atoms with Gasteiger partial charge in [0.15, 0.2) is 0 Å². The first-order chi connectivity index (χ1) is 16.4. The number of hydrogen-bond donors (Lipinski definition) is 0. The van der Waals surface area contributed by atoms with Crippen molar-refractivity contribution < 1.29 is 21.6 Å². The maximum absolute atomic E-state index is 13.6. The van der Waals surface area contributed by atoms with Gasteiger partial charge in [-0.15, -0.1) is 0 Å². The number of benzene rings is 2. The van der Waals surface area contributed by atoms with Crippen molar-refractivity contribution in [1.82, 2.24) is 9.21 Å². The van der Waals surface area contributed by atoms with Gasteiger partial charge in [-0.1, -0.05) is 0 Å². The molecule has 2 fully saturated rings. The van der Waals surface area contributed by atoms with E-state index in [0.29, 0.717) is 42.2 Å². The first kappa shape index (κ1) is 25.7. The Bertz CT molecular complexity index is 1350. The first-order valence-electron chi connectivity index (χ1n) is 11.8. The molecular weight excluding hydrogens is 486 g/mol. The molecule has 0 bridgehead atoms. The van der Waals surface area contributed by atoms with E-state index in [-0.39, 0.29) is 24.7 Å². The summed E-state index contributed by atoms with van der Waals surface area (Å²) in [5.41, 5.74) is 5.68. The number of carbonyl (C=O) groups is 1. The normalized spacial score (nSPS) is 18.8. The van der Waals surface area contributed by atoms with E-state index >= 15 is 0 Å². The maximum atomic E-state index is 13.6. The molecule has 0 atom stereocenters. The second-order valence-electron chi connectivity index (χ2n) is 9.44. The number of anilines is 1. The van der Waals surface area contributed by atoms with Crippen LogP contribution in [0.1, 0.15) is 44.6 Å². The van der Waals surface area contributed by atoms with Gasteiger partial charge in [0.1, 0.15) is 0 Å². The summed E-state index contributed by atoms with van der Waals surface area (Å²) in [5, 5.41) is 0. The van der Waals surface area contributed by atoms with Crippen molar-refractivity contribution in [2.45, 2.75) is 45.9 Å². The van der Waals surface area contributed by atoms with E-state index in [1.165, 1.54) is 8.61 Å². The van der Waals surface area contributed by atoms with E-state index in [1.807, 2.05) is 34.6 Å². The highest BCUT2D eigenvalue weighted by molar-refractivity contribution is 7.93. The Morgan fingerprint density at radius 1 is 0.771 bits per heavy atom. The lowest BCUT2D eigenvalue weighted by molar-refractivity contribution is 0.0698. The van der Waals surface area contributed by atoms with Crippen molar-refractivity contribution in [3.63, 3.8) is 0 Å². The van der Waals surface area contributed by atoms with Gasteiger partial charge in [-0.3, -0.25) is 9.10 Å². The Kier molecular flexibility index (Phi) is 6.76. The third kappa shape index (κ3) is 4.47. The summed E-state index contributed by atoms with van der Waals surface area (Å²) in [6, 6.07) is 6.59. The molecule has 0 aliphatic carbocycles. The van der Waals surface area contributed by atoms with Crippen LogP contribution in [0.25, 0.3) is 0 Å². The van der Waals surface area contributed by atoms with Crippen molar-refractivity contribution in [2.24, 2.45) is 0 Å². The van der Waals surface area contributed by atoms with Crippen LogP contribution in [0.15, 0.2) is 29.2 Å². The number of amides is 1. The van der Waals surface area contributed by atoms with Gasteiger partial charge in [-0.2, -0.15) is 4.31 Å². The molecule has 8 nitrogen and oxygen atoms in total. The predicted octanol–water partition coefficient (Wildman–Crippen LogP) is 2.92. The summed E-state index contributed by atoms with van der Waals surface area (Å²) in [6.07, 6.45) is 0.594. The van der Waals surface area contributed by atoms with Gasteiger partial charge in [-0.25, -0.2) is 16.8 Å². The quantitative estimate of drug-likeness (QED) is 0.619. The highest BCUT2D eigenvalue weighted by Crippen LogP contribution is 2.32. The van der Waals surface area contributed by atoms with Crippen molar-refractivity contribution in [3.05, 3.63) is 57.6 Å². The highest BCUT2D eigenvalue weighted by atomic mass is 32.2. The Labute approximate surface area is 208 Å². The fourth-order valence-corrected chi connectivity index (χ4v) is 8.54. The Morgan fingerprint density at radius 2 is 1.29 bits per heavy atom. The van der Waals surface area contributed by atoms with Crippen LogP contribution in [0, 0.1) is 34.6 Å². The molecule has 1 amide bonds. The lowest BCUT2D eigenvalue weighted by Gasteiger charge is -2.35. The van der Waals surface area contributed by atoms with Gasteiger partial charge >= 0.3 is 0 Å². The van der Waals surface area contributed by atoms with Gasteiger partial charge in [0.25, 0.3) is 5.91 Å². The Hall–Kier alpha value is -2.43. The van der Waals surface area contributed by atoms with Crippen LogP contribution >= 0.6 is 0 Å². The predicted molar refractivity (Wildman–Crippen MR) is 137 cm³/mol. The van der Waals surface area contributed by atoms with Gasteiger partial charge in [0.05, 0.1) is 16.3 Å². The summed E-state index contributed by atoms with van der Waals surface area (Å²) in [4.78, 5) is 15.1. The summed E-state index contributed by atoms with van der Waals surface area (Å²) in [5.74, 6) is -0.0472. The molecule has 2 aromatic rings. The van der Waals surface area contributed by atoms with E-state index in [2.05, 4.69) is 0 Å². The van der Waals surface area contributed by atoms with Crippen molar-refractivity contribution in [1.29, 1.82) is 0 Å². The molecule has 2 heterocycles. The average Bonchev–Trinajstić information content (AvgIpc) is 3.20. The zero-order valence-electron chi connectivity index (χ0n) is 21.0. The number of rotatable bonds is 4. The van der Waals surface area contributed by atoms with Crippen LogP contribution < -0.4 is 4.31 Å². The zero-order chi connectivity index (χ0) is 25.7. The zero-order valence-corrected chi connectivity index (χ0v) is 22.6. The third-order valence-electron chi connectivity index (χ3n) is 7.56. The molecule has 0 aromatic heterocycles. The molecule has 2 aromatic carbocycles. The summed E-state index contributed by atoms with van der Waals surface area (Å²) < 4.78 is 54.3. The molecule has 0 unspecified atom stereocenters. The molecule has 2 aliphatic heterocycles. The van der Waals surface area contributed by atoms with Gasteiger partial charge < -0.3 is 4.90 Å². The highest BCUT2D eigenvalue weighted by Gasteiger charge is 2.34. The largest absolute Gasteiger partial charge is 0.336 e. The number of nitrogens with zero attached hydrogens (tertiary/aromatic N) is 3. The fourth-order valence-electron chi connectivity index (χ4n) is 5.00. The van der Waals surface area contributed by atoms with Crippen molar-refractivity contribution in [3.8, 4) is 0 Å². The minimum absolute atomic E-state index is 0.141. The number of hydrogen-bond acceptors (Lipinski definition) is 5. The van der Waals surface area contributed by atoms with Crippen LogP contribution in [0.2, 0.25) is 0 Å². The van der Waals surface area contributed by atoms with Gasteiger partial charge in [0, 0.05) is 38.3 Å². The fraction of sp³-hybridized carbons (Fsp3) is 0.480. The van der Waals surface area contributed by atoms with Crippen molar-refractivity contribution >= 4 is 31.6 Å². The molecule has 0 saturated carbocycles. The van der Waals surface area contributed by atoms with E-state index in [0.717, 1.165) is 27.8 Å². The van der Waals surface area contributed by atoms with E-state index in [4.69, 9.17) is 0 Å². The van der Waals surface area contributed by atoms with Crippen LogP contribution in [-0.2, 0) is 20.0 Å². The topological polar surface area (TPSA) is 95.1 Å². The molecule has 2 aliphatic rings. The first-order valence-corrected chi connectivity index (χ1v) is 14.9. The smallest absolute Gasteiger partial charge is 0.253 e. The molecule has 2 saturated heterocycles. The van der Waals surface area contributed by atoms with E-state index in [9.17, 15) is 21.6 Å². The lowest BCUT2D eigenvalue weighted by atomic mass is 9.95. The Morgan fingerprint density at radius 3 is 1.77 bits per heavy atom. The maximum Gasteiger partial charge on any atom is 0.253 e. The number of sulfonamides is 2. The monoisotopic (exact) mass is 519 g/mol. The standard InChI is InChI=1S/C25H33N3O5S2/c1-17-18(2)20(4)24(21(5)19(17)3)35(32,33)27-14-12-26(13-15-27)25(29)22-7-9-23(10-8-22)28-11-6-16-34(28,30)31/h7-10H,6,11-16H2,1-5H3. The molecule has 0 spiro atoms. The number of piperazine rings is 1. The third-order valence-corrected chi connectivity index (χ3v) is 11.6. The molecular formula is C25H33N3O5S2. The van der Waals surface area contributed by atoms with Crippen molar-refractivity contribution in [2.75, 3.05) is 42.8 Å². The summed E-state index contributed by atoms with van der Waals surface area (Å²) >= 11 is 0. The van der Waals surface area contributed by atoms with Crippen LogP contribution in [0.5, 0.6) is 0 Å². The van der Waals surface area contributed by atoms with Gasteiger partial charge in [0.2, 0.25) is 20.0 Å². The van der Waals surface area contributed by atoms with E-state index in [1.54, 1.807) is 29.2 Å². The molecule has 0 radical (unpaired) electrons. The molecule has 10 heteroatoms. The van der Waals surface area contributed by atoms with Crippen LogP contribution in [0.4, 0.5) is 5.69 Å². The van der Waals surface area contributed by atoms with E-state index < -0.39 is 20.0 Å². The van der Waals surface area contributed by atoms with Crippen LogP contribution in [-0.4, -0.2) is 70.4 Å². The molecule has 4 rings (SSSR count). The average molecular weight is 520 g/mol. The minimum atomic E-state index is -3.69. The molecule has 0 N–H and O–H groups in total. The number of carbonyl (C=O) groups excluding carboxylic acids is 1. The Balaban J connectivity index is 1.48. The second kappa shape index (κ2) is 9.22. The summed E-state index contributed by atoms with van der Waals surface area (Å²) in [6.45, 7) is 11.1. The van der Waals surface area contributed by atoms with Gasteiger partial charge in [-0.05, 0) is 93.1 Å². The summed E-state index contributed by atoms with van der Waals surface area (Å²) in [7, 11) is -6.97. The molecule has 190 valence electrons. The lowest BCUT2D eigenvalue weighted by Crippen LogP contribution is -2.50.